The van der Waals surface area contributed by atoms with Crippen molar-refractivity contribution in [1.82, 2.24) is 0 Å². The highest BCUT2D eigenvalue weighted by Gasteiger charge is 2.38. The van der Waals surface area contributed by atoms with E-state index in [4.69, 9.17) is 0 Å². The van der Waals surface area contributed by atoms with E-state index in [2.05, 4.69) is 37.2 Å². The third kappa shape index (κ3) is 14.6. The molecule has 0 radical (unpaired) electrons. The first kappa shape index (κ1) is 25.5. The number of halogens is 6. The summed E-state index contributed by atoms with van der Waals surface area (Å²) < 4.78 is 83.6. The Morgan fingerprint density at radius 1 is 0.692 bits per heavy atom. The van der Waals surface area contributed by atoms with E-state index in [-0.39, 0.29) is 11.8 Å². The zero-order valence-corrected chi connectivity index (χ0v) is 16.3. The molecule has 0 fully saturated rings. The summed E-state index contributed by atoms with van der Waals surface area (Å²) in [5, 5.41) is 0. The summed E-state index contributed by atoms with van der Waals surface area (Å²) in [7, 11) is 0. The Kier molecular flexibility index (Phi) is 9.96. The fourth-order valence-corrected chi connectivity index (χ4v) is 2.66. The molecular formula is C18H32F6O2. The molecule has 0 heterocycles. The van der Waals surface area contributed by atoms with Gasteiger partial charge in [-0.05, 0) is 37.5 Å². The molecule has 0 rings (SSSR count). The third-order valence-electron chi connectivity index (χ3n) is 4.20. The maximum absolute atomic E-state index is 12.4. The molecule has 0 aliphatic carbocycles. The van der Waals surface area contributed by atoms with Gasteiger partial charge in [0.05, 0.1) is 0 Å². The van der Waals surface area contributed by atoms with Crippen LogP contribution in [0.2, 0.25) is 0 Å². The van der Waals surface area contributed by atoms with Crippen LogP contribution in [0.4, 0.5) is 26.3 Å². The molecule has 0 aromatic carbocycles. The second-order valence-electron chi connectivity index (χ2n) is 8.25. The summed E-state index contributed by atoms with van der Waals surface area (Å²) in [6, 6.07) is 0. The lowest BCUT2D eigenvalue weighted by atomic mass is 9.81. The first-order valence-corrected chi connectivity index (χ1v) is 8.95. The van der Waals surface area contributed by atoms with Crippen LogP contribution in [-0.4, -0.2) is 31.4 Å². The molecule has 0 unspecified atom stereocenters. The van der Waals surface area contributed by atoms with Crippen molar-refractivity contribution in [3.05, 3.63) is 0 Å². The van der Waals surface area contributed by atoms with Gasteiger partial charge in [-0.15, -0.1) is 0 Å². The molecule has 0 saturated heterocycles. The summed E-state index contributed by atoms with van der Waals surface area (Å²) in [4.78, 5) is 0. The molecule has 0 aromatic heterocycles. The van der Waals surface area contributed by atoms with Gasteiger partial charge in [-0.3, -0.25) is 0 Å². The zero-order chi connectivity index (χ0) is 20.6. The molecule has 0 bridgehead atoms. The Bertz CT molecular complexity index is 370. The van der Waals surface area contributed by atoms with Gasteiger partial charge < -0.3 is 9.47 Å². The van der Waals surface area contributed by atoms with Crippen molar-refractivity contribution in [3.8, 4) is 0 Å². The molecule has 0 aromatic rings. The van der Waals surface area contributed by atoms with Gasteiger partial charge >= 0.3 is 12.4 Å². The van der Waals surface area contributed by atoms with Gasteiger partial charge in [0.25, 0.3) is 0 Å². The normalized spacial score (nSPS) is 14.3. The van der Waals surface area contributed by atoms with Crippen LogP contribution >= 0.6 is 0 Å². The smallest absolute Gasteiger partial charge is 0.341 e. The molecule has 0 aliphatic heterocycles. The average molecular weight is 394 g/mol. The highest BCUT2D eigenvalue weighted by atomic mass is 19.4. The van der Waals surface area contributed by atoms with Gasteiger partial charge in [-0.1, -0.05) is 40.5 Å². The Labute approximate surface area is 152 Å². The third-order valence-corrected chi connectivity index (χ3v) is 4.20. The second-order valence-corrected chi connectivity index (χ2v) is 8.25. The summed E-state index contributed by atoms with van der Waals surface area (Å²) >= 11 is 0. The minimum Gasteiger partial charge on any atom is -0.341 e. The molecule has 0 spiro atoms. The van der Waals surface area contributed by atoms with E-state index in [1.54, 1.807) is 0 Å². The van der Waals surface area contributed by atoms with Crippen LogP contribution in [-0.2, 0) is 9.47 Å². The van der Waals surface area contributed by atoms with E-state index >= 15 is 0 Å². The fraction of sp³-hybridized carbons (Fsp3) is 1.00. The minimum atomic E-state index is -4.63. The fourth-order valence-electron chi connectivity index (χ4n) is 2.66. The second kappa shape index (κ2) is 10.2. The van der Waals surface area contributed by atoms with Crippen molar-refractivity contribution in [2.24, 2.45) is 11.3 Å². The predicted molar refractivity (Wildman–Crippen MR) is 88.7 cm³/mol. The Hall–Kier alpha value is -0.500. The molecule has 0 amide bonds. The van der Waals surface area contributed by atoms with E-state index in [0.29, 0.717) is 18.8 Å². The van der Waals surface area contributed by atoms with E-state index in [9.17, 15) is 26.3 Å². The molecule has 0 N–H and O–H groups in total. The maximum atomic E-state index is 12.4. The lowest BCUT2D eigenvalue weighted by Gasteiger charge is -2.32. The quantitative estimate of drug-likeness (QED) is 0.265. The van der Waals surface area contributed by atoms with Crippen molar-refractivity contribution in [2.45, 2.75) is 91.3 Å². The largest absolute Gasteiger partial charge is 0.411 e. The Morgan fingerprint density at radius 2 is 1.12 bits per heavy atom. The molecule has 2 nitrogen and oxygen atoms in total. The molecule has 0 atom stereocenters. The lowest BCUT2D eigenvalue weighted by molar-refractivity contribution is -0.306. The lowest BCUT2D eigenvalue weighted by Crippen LogP contribution is -2.39. The van der Waals surface area contributed by atoms with Crippen molar-refractivity contribution in [1.29, 1.82) is 0 Å². The minimum absolute atomic E-state index is 0.0349. The Morgan fingerprint density at radius 3 is 1.50 bits per heavy atom. The first-order chi connectivity index (χ1) is 11.5. The SMILES string of the molecule is CC(C)CCCC(C)(C)CCCC(C)(OCC(F)(F)F)OCC(F)(F)F. The Balaban J connectivity index is 4.60. The zero-order valence-electron chi connectivity index (χ0n) is 16.3. The van der Waals surface area contributed by atoms with Crippen molar-refractivity contribution in [3.63, 3.8) is 0 Å². The predicted octanol–water partition coefficient (Wildman–Crippen LogP) is 6.88. The van der Waals surface area contributed by atoms with Crippen LogP contribution in [0.1, 0.15) is 73.1 Å². The van der Waals surface area contributed by atoms with Gasteiger partial charge in [0.1, 0.15) is 13.2 Å². The van der Waals surface area contributed by atoms with Crippen LogP contribution in [0.5, 0.6) is 0 Å². The van der Waals surface area contributed by atoms with Crippen molar-refractivity contribution < 1.29 is 35.8 Å². The van der Waals surface area contributed by atoms with E-state index in [1.807, 2.05) is 0 Å². The van der Waals surface area contributed by atoms with E-state index in [1.165, 1.54) is 0 Å². The topological polar surface area (TPSA) is 18.5 Å². The average Bonchev–Trinajstić information content (AvgIpc) is 2.41. The molecule has 26 heavy (non-hydrogen) atoms. The van der Waals surface area contributed by atoms with Crippen LogP contribution in [0.3, 0.4) is 0 Å². The van der Waals surface area contributed by atoms with Crippen LogP contribution in [0.25, 0.3) is 0 Å². The molecule has 0 aliphatic rings. The highest BCUT2D eigenvalue weighted by Crippen LogP contribution is 2.34. The summed E-state index contributed by atoms with van der Waals surface area (Å²) in [5.41, 5.74) is -0.0378. The number of alkyl halides is 6. The maximum Gasteiger partial charge on any atom is 0.411 e. The van der Waals surface area contributed by atoms with Gasteiger partial charge in [-0.2, -0.15) is 26.3 Å². The van der Waals surface area contributed by atoms with Gasteiger partial charge in [0.2, 0.25) is 0 Å². The summed E-state index contributed by atoms with van der Waals surface area (Å²) in [5.74, 6) is -1.32. The van der Waals surface area contributed by atoms with Crippen LogP contribution in [0, 0.1) is 11.3 Å². The van der Waals surface area contributed by atoms with Gasteiger partial charge in [-0.25, -0.2) is 0 Å². The van der Waals surface area contributed by atoms with Crippen molar-refractivity contribution in [2.75, 3.05) is 13.2 Å². The summed E-state index contributed by atoms with van der Waals surface area (Å²) in [6.07, 6.45) is -5.12. The van der Waals surface area contributed by atoms with Crippen molar-refractivity contribution >= 4 is 0 Å². The standard InChI is InChI=1S/C18H32F6O2/c1-14(2)8-6-9-15(3,4)10-7-11-16(5,25-12-17(19,20)21)26-13-18(22,23)24/h14H,6-13H2,1-5H3. The highest BCUT2D eigenvalue weighted by molar-refractivity contribution is 4.73. The molecular weight excluding hydrogens is 362 g/mol. The van der Waals surface area contributed by atoms with E-state index < -0.39 is 31.4 Å². The molecule has 0 saturated carbocycles. The first-order valence-electron chi connectivity index (χ1n) is 8.95. The van der Waals surface area contributed by atoms with Crippen LogP contribution < -0.4 is 0 Å². The monoisotopic (exact) mass is 394 g/mol. The number of hydrogen-bond donors (Lipinski definition) is 0. The molecule has 158 valence electrons. The number of hydrogen-bond acceptors (Lipinski definition) is 2. The van der Waals surface area contributed by atoms with Gasteiger partial charge in [0, 0.05) is 6.42 Å². The number of ether oxygens (including phenoxy) is 2. The van der Waals surface area contributed by atoms with Gasteiger partial charge in [0.15, 0.2) is 5.79 Å². The number of rotatable bonds is 12. The van der Waals surface area contributed by atoms with E-state index in [0.717, 1.165) is 26.2 Å². The molecule has 8 heteroatoms. The summed E-state index contributed by atoms with van der Waals surface area (Å²) in [6.45, 7) is 6.23. The van der Waals surface area contributed by atoms with Crippen LogP contribution in [0.15, 0.2) is 0 Å².